The molecule has 6 nitrogen and oxygen atoms in total. The molecule has 0 spiro atoms. The van der Waals surface area contributed by atoms with Crippen molar-refractivity contribution in [2.45, 2.75) is 38.6 Å². The zero-order valence-electron chi connectivity index (χ0n) is 20.5. The normalized spacial score (nSPS) is 25.7. The molecule has 3 aromatic rings. The minimum absolute atomic E-state index is 0.219. The van der Waals surface area contributed by atoms with Crippen molar-refractivity contribution < 1.29 is 9.44 Å². The highest BCUT2D eigenvalue weighted by Crippen LogP contribution is 2.36. The lowest BCUT2D eigenvalue weighted by Gasteiger charge is -2.41. The molecule has 3 heterocycles. The number of nitrogens with zero attached hydrogens (tertiary/aromatic N) is 4. The van der Waals surface area contributed by atoms with Gasteiger partial charge in [0.05, 0.1) is 17.6 Å². The van der Waals surface area contributed by atoms with Crippen LogP contribution in [0.5, 0.6) is 0 Å². The number of likely N-dealkylation sites (tertiary alicyclic amines) is 1. The summed E-state index contributed by atoms with van der Waals surface area (Å²) in [5, 5.41) is 15.4. The molecule has 2 aromatic carbocycles. The van der Waals surface area contributed by atoms with E-state index in [1.807, 2.05) is 55.3 Å². The van der Waals surface area contributed by atoms with Crippen molar-refractivity contribution in [3.05, 3.63) is 71.6 Å². The van der Waals surface area contributed by atoms with Gasteiger partial charge in [-0.1, -0.05) is 30.3 Å². The molecule has 1 unspecified atom stereocenters. The monoisotopic (exact) mass is 468 g/mol. The number of benzene rings is 2. The summed E-state index contributed by atoms with van der Waals surface area (Å²) >= 11 is 0. The average molecular weight is 469 g/mol. The number of hydroxylamine groups is 3. The molecule has 2 atom stereocenters. The summed E-state index contributed by atoms with van der Waals surface area (Å²) in [5.74, 6) is 1.37. The van der Waals surface area contributed by atoms with Gasteiger partial charge in [-0.2, -0.15) is 0 Å². The van der Waals surface area contributed by atoms with E-state index < -0.39 is 10.2 Å². The number of aromatic nitrogens is 1. The number of rotatable bonds is 5. The molecule has 0 N–H and O–H groups in total. The first-order valence-corrected chi connectivity index (χ1v) is 12.7. The largest absolute Gasteiger partial charge is 0.626 e. The van der Waals surface area contributed by atoms with E-state index in [4.69, 9.17) is 4.99 Å². The van der Waals surface area contributed by atoms with Crippen LogP contribution in [0.4, 0.5) is 0 Å². The summed E-state index contributed by atoms with van der Waals surface area (Å²) in [7, 11) is 0. The molecule has 180 valence electrons. The standard InChI is InChI=1S/C29H32N4O2/c1-29(2)19-33(35,18-20-14-16-32(17-20)28(34)23-12-13-23)27(31-29)22-10-8-21(9-11-22)24-5-3-7-26-25(24)6-4-15-30-26/h3-11,15,20,23H,12-14,16-19H2,1-2H3/t20?,33-/m1/s1. The van der Waals surface area contributed by atoms with Crippen LogP contribution < -0.4 is 0 Å². The van der Waals surface area contributed by atoms with Gasteiger partial charge in [0.1, 0.15) is 12.1 Å². The van der Waals surface area contributed by atoms with Gasteiger partial charge in [0, 0.05) is 36.5 Å². The van der Waals surface area contributed by atoms with Gasteiger partial charge in [-0.3, -0.25) is 9.78 Å². The lowest BCUT2D eigenvalue weighted by atomic mass is 9.99. The van der Waals surface area contributed by atoms with Crippen LogP contribution in [-0.4, -0.2) is 58.0 Å². The molecule has 2 fully saturated rings. The SMILES string of the molecule is CC1(C)C[N@+]([O-])(CC2CCN(C(=O)C3CC3)C2)C(c2ccc(-c3cccc4ncccc34)cc2)=N1. The molecule has 1 aliphatic carbocycles. The van der Waals surface area contributed by atoms with Crippen molar-refractivity contribution in [1.82, 2.24) is 9.88 Å². The molecule has 1 aromatic heterocycles. The van der Waals surface area contributed by atoms with Gasteiger partial charge in [0.25, 0.3) is 0 Å². The van der Waals surface area contributed by atoms with Crippen LogP contribution in [0.25, 0.3) is 22.0 Å². The lowest BCUT2D eigenvalue weighted by molar-refractivity contribution is -0.789. The van der Waals surface area contributed by atoms with Crippen molar-refractivity contribution >= 4 is 22.6 Å². The number of fused-ring (bicyclic) bond motifs is 1. The van der Waals surface area contributed by atoms with Gasteiger partial charge >= 0.3 is 0 Å². The Balaban J connectivity index is 1.25. The van der Waals surface area contributed by atoms with Crippen LogP contribution in [0.1, 0.15) is 38.7 Å². The number of amidine groups is 1. The van der Waals surface area contributed by atoms with Crippen LogP contribution in [0, 0.1) is 17.0 Å². The smallest absolute Gasteiger partial charge is 0.231 e. The van der Waals surface area contributed by atoms with E-state index in [9.17, 15) is 10.0 Å². The van der Waals surface area contributed by atoms with E-state index in [1.54, 1.807) is 0 Å². The van der Waals surface area contributed by atoms with Crippen LogP contribution in [0.2, 0.25) is 0 Å². The predicted molar refractivity (Wildman–Crippen MR) is 139 cm³/mol. The number of carbonyl (C=O) groups is 1. The number of hydrogen-bond acceptors (Lipinski definition) is 4. The van der Waals surface area contributed by atoms with Gasteiger partial charge in [0.2, 0.25) is 11.7 Å². The maximum Gasteiger partial charge on any atom is 0.231 e. The second-order valence-corrected chi connectivity index (χ2v) is 11.1. The van der Waals surface area contributed by atoms with Crippen molar-refractivity contribution in [2.75, 3.05) is 26.2 Å². The number of amides is 1. The summed E-state index contributed by atoms with van der Waals surface area (Å²) < 4.78 is -0.416. The van der Waals surface area contributed by atoms with E-state index in [0.29, 0.717) is 31.4 Å². The Labute approximate surface area is 206 Å². The third kappa shape index (κ3) is 4.26. The molecule has 35 heavy (non-hydrogen) atoms. The highest BCUT2D eigenvalue weighted by Gasteiger charge is 2.45. The number of aliphatic imine (C=N–C) groups is 1. The molecule has 0 radical (unpaired) electrons. The predicted octanol–water partition coefficient (Wildman–Crippen LogP) is 5.01. The molecular formula is C29H32N4O2. The van der Waals surface area contributed by atoms with E-state index >= 15 is 0 Å². The first-order chi connectivity index (χ1) is 16.8. The topological polar surface area (TPSA) is 68.6 Å². The average Bonchev–Trinajstić information content (AvgIpc) is 3.54. The van der Waals surface area contributed by atoms with Crippen molar-refractivity contribution in [1.29, 1.82) is 0 Å². The maximum absolute atomic E-state index is 14.3. The highest BCUT2D eigenvalue weighted by molar-refractivity contribution is 5.97. The fourth-order valence-electron chi connectivity index (χ4n) is 5.91. The fraction of sp³-hybridized carbons (Fsp3) is 0.414. The summed E-state index contributed by atoms with van der Waals surface area (Å²) in [6.07, 6.45) is 4.77. The minimum Gasteiger partial charge on any atom is -0.626 e. The van der Waals surface area contributed by atoms with Gasteiger partial charge in [-0.25, -0.2) is 4.99 Å². The summed E-state index contributed by atoms with van der Waals surface area (Å²) in [6.45, 7) is 6.49. The Kier molecular flexibility index (Phi) is 5.27. The van der Waals surface area contributed by atoms with Crippen molar-refractivity contribution in [3.8, 4) is 11.1 Å². The second kappa shape index (κ2) is 8.25. The molecule has 1 amide bonds. The molecule has 0 bridgehead atoms. The molecule has 6 heteroatoms. The highest BCUT2D eigenvalue weighted by atomic mass is 16.5. The molecule has 1 saturated heterocycles. The Morgan fingerprint density at radius 2 is 1.83 bits per heavy atom. The number of pyridine rings is 1. The van der Waals surface area contributed by atoms with Crippen molar-refractivity contribution in [3.63, 3.8) is 0 Å². The van der Waals surface area contributed by atoms with Gasteiger partial charge < -0.3 is 14.8 Å². The molecule has 1 saturated carbocycles. The molecule has 6 rings (SSSR count). The van der Waals surface area contributed by atoms with Crippen LogP contribution in [0.15, 0.2) is 65.8 Å². The maximum atomic E-state index is 14.3. The van der Waals surface area contributed by atoms with Crippen molar-refractivity contribution in [2.24, 2.45) is 16.8 Å². The third-order valence-electron chi connectivity index (χ3n) is 7.61. The second-order valence-electron chi connectivity index (χ2n) is 11.1. The van der Waals surface area contributed by atoms with Crippen LogP contribution in [0.3, 0.4) is 0 Å². The molecule has 2 aliphatic heterocycles. The zero-order valence-corrected chi connectivity index (χ0v) is 20.5. The van der Waals surface area contributed by atoms with Gasteiger partial charge in [0.15, 0.2) is 0 Å². The van der Waals surface area contributed by atoms with Crippen LogP contribution in [-0.2, 0) is 4.79 Å². The fourth-order valence-corrected chi connectivity index (χ4v) is 5.91. The molecular weight excluding hydrogens is 436 g/mol. The van der Waals surface area contributed by atoms with Crippen LogP contribution >= 0.6 is 0 Å². The summed E-state index contributed by atoms with van der Waals surface area (Å²) in [5.41, 5.74) is 3.68. The van der Waals surface area contributed by atoms with E-state index in [-0.39, 0.29) is 11.8 Å². The first kappa shape index (κ1) is 22.4. The van der Waals surface area contributed by atoms with E-state index in [2.05, 4.69) is 29.2 Å². The van der Waals surface area contributed by atoms with Gasteiger partial charge in [-0.05, 0) is 68.5 Å². The van der Waals surface area contributed by atoms with Gasteiger partial charge in [-0.15, -0.1) is 0 Å². The lowest BCUT2D eigenvalue weighted by Crippen LogP contribution is -2.51. The number of carbonyl (C=O) groups excluding carboxylic acids is 1. The zero-order chi connectivity index (χ0) is 24.2. The Morgan fingerprint density at radius 1 is 1.06 bits per heavy atom. The Bertz CT molecular complexity index is 1310. The summed E-state index contributed by atoms with van der Waals surface area (Å²) in [4.78, 5) is 23.9. The summed E-state index contributed by atoms with van der Waals surface area (Å²) in [6, 6.07) is 18.4. The number of quaternary nitrogens is 1. The Hall–Kier alpha value is -3.09. The number of hydrogen-bond donors (Lipinski definition) is 0. The third-order valence-corrected chi connectivity index (χ3v) is 7.61. The first-order valence-electron chi connectivity index (χ1n) is 12.7. The minimum atomic E-state index is -0.416. The Morgan fingerprint density at radius 3 is 2.60 bits per heavy atom. The quantitative estimate of drug-likeness (QED) is 0.390. The van der Waals surface area contributed by atoms with E-state index in [1.165, 1.54) is 0 Å². The molecule has 3 aliphatic rings. The van der Waals surface area contributed by atoms with E-state index in [0.717, 1.165) is 53.4 Å².